The summed E-state index contributed by atoms with van der Waals surface area (Å²) in [7, 11) is 0. The zero-order valence-corrected chi connectivity index (χ0v) is 12.5. The van der Waals surface area contributed by atoms with Crippen LogP contribution in [0, 0.1) is 0 Å². The van der Waals surface area contributed by atoms with Gasteiger partial charge in [0.15, 0.2) is 5.78 Å². The second-order valence-corrected chi connectivity index (χ2v) is 5.49. The monoisotopic (exact) mass is 318 g/mol. The smallest absolute Gasteiger partial charge is 0.183 e. The van der Waals surface area contributed by atoms with Crippen molar-refractivity contribution >= 4 is 45.6 Å². The van der Waals surface area contributed by atoms with Crippen molar-refractivity contribution < 1.29 is 4.79 Å². The molecule has 1 heterocycles. The predicted octanol–water partition coefficient (Wildman–Crippen LogP) is 4.77. The highest BCUT2D eigenvalue weighted by Crippen LogP contribution is 2.25. The Hall–Kier alpha value is -1.97. The highest BCUT2D eigenvalue weighted by Gasteiger charge is 2.12. The maximum Gasteiger partial charge on any atom is 0.183 e. The number of para-hydroxylation sites is 1. The third-order valence-electron chi connectivity index (χ3n) is 3.26. The van der Waals surface area contributed by atoms with Gasteiger partial charge in [0.2, 0.25) is 0 Å². The minimum Gasteiger partial charge on any atom is -0.376 e. The highest BCUT2D eigenvalue weighted by atomic mass is 35.5. The number of ketones is 1. The van der Waals surface area contributed by atoms with Crippen LogP contribution in [0.2, 0.25) is 10.0 Å². The number of fused-ring (bicyclic) bond motifs is 1. The number of hydrogen-bond acceptors (Lipinski definition) is 2. The van der Waals surface area contributed by atoms with Gasteiger partial charge in [0.1, 0.15) is 0 Å². The Bertz CT molecular complexity index is 811. The van der Waals surface area contributed by atoms with Crippen LogP contribution in [0.3, 0.4) is 0 Å². The van der Waals surface area contributed by atoms with Crippen molar-refractivity contribution in [1.82, 2.24) is 4.98 Å². The van der Waals surface area contributed by atoms with Crippen LogP contribution >= 0.6 is 23.2 Å². The quantitative estimate of drug-likeness (QED) is 0.680. The Labute approximate surface area is 131 Å². The van der Waals surface area contributed by atoms with Gasteiger partial charge in [0.05, 0.1) is 17.3 Å². The van der Waals surface area contributed by atoms with Crippen LogP contribution in [-0.4, -0.2) is 17.3 Å². The average Bonchev–Trinajstić information content (AvgIpc) is 2.90. The van der Waals surface area contributed by atoms with E-state index in [9.17, 15) is 4.79 Å². The number of anilines is 1. The highest BCUT2D eigenvalue weighted by molar-refractivity contribution is 6.36. The summed E-state index contributed by atoms with van der Waals surface area (Å²) in [5, 5.41) is 5.02. The van der Waals surface area contributed by atoms with E-state index < -0.39 is 0 Å². The molecular formula is C16H12Cl2N2O. The number of nitrogens with one attached hydrogen (secondary N) is 2. The maximum absolute atomic E-state index is 12.3. The Morgan fingerprint density at radius 2 is 1.95 bits per heavy atom. The number of aromatic nitrogens is 1. The van der Waals surface area contributed by atoms with Gasteiger partial charge in [-0.3, -0.25) is 4.79 Å². The molecule has 3 rings (SSSR count). The average molecular weight is 319 g/mol. The van der Waals surface area contributed by atoms with Crippen LogP contribution in [-0.2, 0) is 0 Å². The van der Waals surface area contributed by atoms with Crippen LogP contribution in [0.5, 0.6) is 0 Å². The lowest BCUT2D eigenvalue weighted by Crippen LogP contribution is -2.13. The molecule has 0 bridgehead atoms. The standard InChI is InChI=1S/C16H12Cl2N2O/c17-10-5-6-15(13(18)7-10)20-9-16(21)12-8-19-14-4-2-1-3-11(12)14/h1-8,19-20H,9H2. The summed E-state index contributed by atoms with van der Waals surface area (Å²) in [6.45, 7) is 0.170. The van der Waals surface area contributed by atoms with Crippen molar-refractivity contribution in [1.29, 1.82) is 0 Å². The van der Waals surface area contributed by atoms with E-state index in [2.05, 4.69) is 10.3 Å². The third-order valence-corrected chi connectivity index (χ3v) is 3.81. The third kappa shape index (κ3) is 2.89. The van der Waals surface area contributed by atoms with Crippen LogP contribution in [0.1, 0.15) is 10.4 Å². The van der Waals surface area contributed by atoms with Crippen LogP contribution in [0.4, 0.5) is 5.69 Å². The van der Waals surface area contributed by atoms with E-state index in [1.807, 2.05) is 24.3 Å². The van der Waals surface area contributed by atoms with E-state index in [4.69, 9.17) is 23.2 Å². The predicted molar refractivity (Wildman–Crippen MR) is 87.6 cm³/mol. The lowest BCUT2D eigenvalue weighted by Gasteiger charge is -2.07. The fourth-order valence-electron chi connectivity index (χ4n) is 2.21. The fraction of sp³-hybridized carbons (Fsp3) is 0.0625. The number of carbonyl (C=O) groups is 1. The minimum atomic E-state index is -0.00142. The maximum atomic E-state index is 12.3. The van der Waals surface area contributed by atoms with E-state index in [0.717, 1.165) is 10.9 Å². The number of aromatic amines is 1. The molecule has 0 atom stereocenters. The van der Waals surface area contributed by atoms with Gasteiger partial charge >= 0.3 is 0 Å². The zero-order valence-electron chi connectivity index (χ0n) is 11.0. The summed E-state index contributed by atoms with van der Waals surface area (Å²) in [6, 6.07) is 12.8. The van der Waals surface area contributed by atoms with Crippen LogP contribution < -0.4 is 5.32 Å². The van der Waals surface area contributed by atoms with Crippen LogP contribution in [0.15, 0.2) is 48.7 Å². The van der Waals surface area contributed by atoms with Gasteiger partial charge in [0.25, 0.3) is 0 Å². The SMILES string of the molecule is O=C(CNc1ccc(Cl)cc1Cl)c1c[nH]c2ccccc12. The molecule has 0 radical (unpaired) electrons. The fourth-order valence-corrected chi connectivity index (χ4v) is 2.68. The number of halogens is 2. The summed E-state index contributed by atoms with van der Waals surface area (Å²) >= 11 is 11.9. The van der Waals surface area contributed by atoms with Crippen LogP contribution in [0.25, 0.3) is 10.9 Å². The van der Waals surface area contributed by atoms with Crippen molar-refractivity contribution in [3.05, 3.63) is 64.3 Å². The molecule has 0 saturated carbocycles. The van der Waals surface area contributed by atoms with Gasteiger partial charge in [-0.05, 0) is 24.3 Å². The summed E-state index contributed by atoms with van der Waals surface area (Å²) in [5.74, 6) is -0.00142. The molecule has 2 N–H and O–H groups in total. The van der Waals surface area contributed by atoms with Crippen molar-refractivity contribution in [2.75, 3.05) is 11.9 Å². The molecule has 5 heteroatoms. The largest absolute Gasteiger partial charge is 0.376 e. The van der Waals surface area contributed by atoms with Crippen molar-refractivity contribution in [3.63, 3.8) is 0 Å². The molecule has 21 heavy (non-hydrogen) atoms. The lowest BCUT2D eigenvalue weighted by molar-refractivity contribution is 0.101. The molecule has 0 amide bonds. The molecule has 3 nitrogen and oxygen atoms in total. The molecule has 0 fully saturated rings. The summed E-state index contributed by atoms with van der Waals surface area (Å²) in [5.41, 5.74) is 2.31. The number of H-pyrrole nitrogens is 1. The van der Waals surface area contributed by atoms with Crippen molar-refractivity contribution in [2.45, 2.75) is 0 Å². The van der Waals surface area contributed by atoms with Gasteiger partial charge < -0.3 is 10.3 Å². The Kier molecular flexibility index (Phi) is 3.86. The van der Waals surface area contributed by atoms with E-state index in [1.54, 1.807) is 24.4 Å². The van der Waals surface area contributed by atoms with Gasteiger partial charge in [-0.25, -0.2) is 0 Å². The molecular weight excluding hydrogens is 307 g/mol. The van der Waals surface area contributed by atoms with E-state index in [0.29, 0.717) is 21.3 Å². The number of benzene rings is 2. The summed E-state index contributed by atoms with van der Waals surface area (Å²) in [4.78, 5) is 15.4. The van der Waals surface area contributed by atoms with Gasteiger partial charge in [0, 0.05) is 27.7 Å². The molecule has 2 aromatic carbocycles. The number of Topliss-reactive ketones (excluding diaryl/α,β-unsaturated/α-hetero) is 1. The first-order valence-corrected chi connectivity index (χ1v) is 7.19. The molecule has 0 aliphatic heterocycles. The Morgan fingerprint density at radius 1 is 1.14 bits per heavy atom. The second-order valence-electron chi connectivity index (χ2n) is 4.65. The first kappa shape index (κ1) is 14.0. The van der Waals surface area contributed by atoms with E-state index >= 15 is 0 Å². The van der Waals surface area contributed by atoms with Gasteiger partial charge in [-0.2, -0.15) is 0 Å². The molecule has 0 aliphatic rings. The van der Waals surface area contributed by atoms with Crippen molar-refractivity contribution in [3.8, 4) is 0 Å². The number of carbonyl (C=O) groups excluding carboxylic acids is 1. The summed E-state index contributed by atoms with van der Waals surface area (Å²) in [6.07, 6.45) is 1.73. The second kappa shape index (κ2) is 5.80. The Morgan fingerprint density at radius 3 is 2.76 bits per heavy atom. The molecule has 0 unspecified atom stereocenters. The molecule has 0 aliphatic carbocycles. The van der Waals surface area contributed by atoms with E-state index in [-0.39, 0.29) is 12.3 Å². The van der Waals surface area contributed by atoms with Gasteiger partial charge in [-0.15, -0.1) is 0 Å². The number of hydrogen-bond donors (Lipinski definition) is 2. The Balaban J connectivity index is 1.77. The van der Waals surface area contributed by atoms with Crippen molar-refractivity contribution in [2.24, 2.45) is 0 Å². The molecule has 106 valence electrons. The normalized spacial score (nSPS) is 10.8. The van der Waals surface area contributed by atoms with E-state index in [1.165, 1.54) is 0 Å². The van der Waals surface area contributed by atoms with Gasteiger partial charge in [-0.1, -0.05) is 41.4 Å². The lowest BCUT2D eigenvalue weighted by atomic mass is 10.1. The first-order valence-electron chi connectivity index (χ1n) is 6.43. The summed E-state index contributed by atoms with van der Waals surface area (Å²) < 4.78 is 0. The zero-order chi connectivity index (χ0) is 14.8. The topological polar surface area (TPSA) is 44.9 Å². The molecule has 3 aromatic rings. The molecule has 0 spiro atoms. The first-order chi connectivity index (χ1) is 10.1. The number of rotatable bonds is 4. The molecule has 0 saturated heterocycles. The minimum absolute atomic E-state index is 0.00142. The molecule has 1 aromatic heterocycles.